The van der Waals surface area contributed by atoms with Crippen LogP contribution in [0.15, 0.2) is 36.4 Å². The number of hydrogen-bond donors (Lipinski definition) is 0. The Bertz CT molecular complexity index is 908. The minimum atomic E-state index is -3.76. The smallest absolute Gasteiger partial charge is 0.426 e. The summed E-state index contributed by atoms with van der Waals surface area (Å²) in [5.41, 5.74) is 0.937. The molecule has 2 aliphatic carbocycles. The summed E-state index contributed by atoms with van der Waals surface area (Å²) >= 11 is 0. The van der Waals surface area contributed by atoms with E-state index in [1.54, 1.807) is 12.1 Å². The number of halogens is 4. The fourth-order valence-corrected chi connectivity index (χ4v) is 5.25. The predicted octanol–water partition coefficient (Wildman–Crippen LogP) is 8.68. The standard InChI is InChI=1S/C27H32F4O/c1-17-3-7-19(8-4-17)20-11-13-22(14-12-20)27(30,31)32-24-16-15-23(25(28)26(24)29)21-9-5-18(2)6-10-21/h11-19,21H,3-10H2,1-2H3. The summed E-state index contributed by atoms with van der Waals surface area (Å²) in [4.78, 5) is 0. The lowest BCUT2D eigenvalue weighted by Gasteiger charge is -2.27. The highest BCUT2D eigenvalue weighted by Gasteiger charge is 2.37. The SMILES string of the molecule is CC1CCC(c2ccc(C(F)(F)Oc3ccc(C4CCC(C)CC4)c(F)c3F)cc2)CC1. The molecule has 5 heteroatoms. The first-order valence-corrected chi connectivity index (χ1v) is 11.9. The Balaban J connectivity index is 1.47. The van der Waals surface area contributed by atoms with Gasteiger partial charge >= 0.3 is 6.11 Å². The van der Waals surface area contributed by atoms with E-state index in [9.17, 15) is 17.6 Å². The molecule has 2 saturated carbocycles. The maximum absolute atomic E-state index is 14.8. The fourth-order valence-electron chi connectivity index (χ4n) is 5.25. The lowest BCUT2D eigenvalue weighted by Crippen LogP contribution is -2.23. The van der Waals surface area contributed by atoms with Crippen molar-refractivity contribution in [2.24, 2.45) is 11.8 Å². The predicted molar refractivity (Wildman–Crippen MR) is 118 cm³/mol. The molecular formula is C27H32F4O. The molecule has 0 N–H and O–H groups in total. The largest absolute Gasteiger partial charge is 0.426 e. The minimum Gasteiger partial charge on any atom is -0.426 e. The maximum atomic E-state index is 14.8. The van der Waals surface area contributed by atoms with Crippen LogP contribution in [0.5, 0.6) is 5.75 Å². The van der Waals surface area contributed by atoms with Gasteiger partial charge in [0.1, 0.15) is 0 Å². The number of rotatable bonds is 5. The van der Waals surface area contributed by atoms with E-state index in [1.165, 1.54) is 18.2 Å². The summed E-state index contributed by atoms with van der Waals surface area (Å²) in [6.45, 7) is 4.38. The van der Waals surface area contributed by atoms with Crippen molar-refractivity contribution in [1.82, 2.24) is 0 Å². The average Bonchev–Trinajstić information content (AvgIpc) is 2.78. The second kappa shape index (κ2) is 9.44. The highest BCUT2D eigenvalue weighted by molar-refractivity contribution is 5.35. The molecule has 4 rings (SSSR count). The quantitative estimate of drug-likeness (QED) is 0.416. The van der Waals surface area contributed by atoms with E-state index in [1.807, 2.05) is 0 Å². The van der Waals surface area contributed by atoms with Gasteiger partial charge in [0.25, 0.3) is 0 Å². The van der Waals surface area contributed by atoms with Crippen LogP contribution in [0.1, 0.15) is 93.7 Å². The molecule has 2 aliphatic rings. The van der Waals surface area contributed by atoms with Crippen molar-refractivity contribution in [3.8, 4) is 5.75 Å². The molecule has 174 valence electrons. The Morgan fingerprint density at radius 2 is 1.22 bits per heavy atom. The highest BCUT2D eigenvalue weighted by Crippen LogP contribution is 2.41. The zero-order chi connectivity index (χ0) is 22.9. The van der Waals surface area contributed by atoms with Gasteiger partial charge in [0.2, 0.25) is 5.82 Å². The van der Waals surface area contributed by atoms with Crippen molar-refractivity contribution in [3.05, 3.63) is 64.7 Å². The summed E-state index contributed by atoms with van der Waals surface area (Å²) in [6, 6.07) is 8.61. The lowest BCUT2D eigenvalue weighted by molar-refractivity contribution is -0.187. The minimum absolute atomic E-state index is 0.0782. The number of ether oxygens (including phenoxy) is 1. The molecule has 0 spiro atoms. The van der Waals surface area contributed by atoms with Crippen molar-refractivity contribution in [2.45, 2.75) is 83.2 Å². The third kappa shape index (κ3) is 4.97. The third-order valence-corrected chi connectivity index (χ3v) is 7.50. The van der Waals surface area contributed by atoms with Gasteiger partial charge in [-0.25, -0.2) is 4.39 Å². The van der Waals surface area contributed by atoms with E-state index < -0.39 is 23.5 Å². The van der Waals surface area contributed by atoms with E-state index in [0.29, 0.717) is 17.8 Å². The van der Waals surface area contributed by atoms with E-state index in [4.69, 9.17) is 4.74 Å². The van der Waals surface area contributed by atoms with Gasteiger partial charge in [-0.2, -0.15) is 13.2 Å². The van der Waals surface area contributed by atoms with E-state index in [2.05, 4.69) is 13.8 Å². The molecular weight excluding hydrogens is 416 g/mol. The van der Waals surface area contributed by atoms with Crippen LogP contribution in [-0.4, -0.2) is 0 Å². The van der Waals surface area contributed by atoms with Crippen molar-refractivity contribution in [2.75, 3.05) is 0 Å². The first-order chi connectivity index (χ1) is 15.2. The van der Waals surface area contributed by atoms with E-state index >= 15 is 0 Å². The monoisotopic (exact) mass is 448 g/mol. The van der Waals surface area contributed by atoms with Gasteiger partial charge in [0.05, 0.1) is 5.56 Å². The van der Waals surface area contributed by atoms with Gasteiger partial charge in [-0.3, -0.25) is 0 Å². The van der Waals surface area contributed by atoms with Crippen molar-refractivity contribution >= 4 is 0 Å². The van der Waals surface area contributed by atoms with Crippen LogP contribution in [0, 0.1) is 23.5 Å². The molecule has 0 atom stereocenters. The van der Waals surface area contributed by atoms with Crippen molar-refractivity contribution in [3.63, 3.8) is 0 Å². The Hall–Kier alpha value is -2.04. The Labute approximate surface area is 188 Å². The second-order valence-corrected chi connectivity index (χ2v) is 9.94. The zero-order valence-electron chi connectivity index (χ0n) is 18.9. The molecule has 0 amide bonds. The molecule has 0 heterocycles. The van der Waals surface area contributed by atoms with Gasteiger partial charge in [-0.05, 0) is 78.7 Å². The van der Waals surface area contributed by atoms with Crippen molar-refractivity contribution < 1.29 is 22.3 Å². The zero-order valence-corrected chi connectivity index (χ0v) is 18.9. The fraction of sp³-hybridized carbons (Fsp3) is 0.556. The first-order valence-electron chi connectivity index (χ1n) is 11.9. The van der Waals surface area contributed by atoms with Gasteiger partial charge in [0, 0.05) is 0 Å². The van der Waals surface area contributed by atoms with E-state index in [0.717, 1.165) is 63.0 Å². The molecule has 0 saturated heterocycles. The Morgan fingerprint density at radius 3 is 1.78 bits per heavy atom. The molecule has 32 heavy (non-hydrogen) atoms. The normalized spacial score (nSPS) is 26.7. The number of hydrogen-bond acceptors (Lipinski definition) is 1. The molecule has 0 unspecified atom stereocenters. The van der Waals surface area contributed by atoms with Crippen LogP contribution in [0.3, 0.4) is 0 Å². The van der Waals surface area contributed by atoms with Gasteiger partial charge in [0.15, 0.2) is 11.6 Å². The summed E-state index contributed by atoms with van der Waals surface area (Å²) in [5, 5.41) is 0. The van der Waals surface area contributed by atoms with Crippen LogP contribution in [0.2, 0.25) is 0 Å². The molecule has 2 fully saturated rings. The second-order valence-electron chi connectivity index (χ2n) is 9.94. The van der Waals surface area contributed by atoms with Crippen LogP contribution in [0.25, 0.3) is 0 Å². The number of benzene rings is 2. The third-order valence-electron chi connectivity index (χ3n) is 7.50. The van der Waals surface area contributed by atoms with Crippen LogP contribution < -0.4 is 4.74 Å². The average molecular weight is 449 g/mol. The summed E-state index contributed by atoms with van der Waals surface area (Å²) in [5.74, 6) is -1.57. The van der Waals surface area contributed by atoms with Crippen LogP contribution in [0.4, 0.5) is 17.6 Å². The summed E-state index contributed by atoms with van der Waals surface area (Å²) in [6.07, 6.45) is 4.12. The summed E-state index contributed by atoms with van der Waals surface area (Å²) in [7, 11) is 0. The molecule has 0 aliphatic heterocycles. The molecule has 2 aromatic carbocycles. The highest BCUT2D eigenvalue weighted by atomic mass is 19.3. The van der Waals surface area contributed by atoms with Crippen LogP contribution in [-0.2, 0) is 6.11 Å². The first kappa shape index (κ1) is 23.1. The van der Waals surface area contributed by atoms with Crippen LogP contribution >= 0.6 is 0 Å². The molecule has 0 bridgehead atoms. The Morgan fingerprint density at radius 1 is 0.688 bits per heavy atom. The Kier molecular flexibility index (Phi) is 6.83. The maximum Gasteiger partial charge on any atom is 0.426 e. The van der Waals surface area contributed by atoms with Gasteiger partial charge in [-0.1, -0.05) is 57.7 Å². The number of alkyl halides is 2. The molecule has 1 nitrogen and oxygen atoms in total. The lowest BCUT2D eigenvalue weighted by atomic mass is 9.79. The molecule has 0 aromatic heterocycles. The molecule has 0 radical (unpaired) electrons. The van der Waals surface area contributed by atoms with E-state index in [-0.39, 0.29) is 17.0 Å². The molecule has 2 aromatic rings. The van der Waals surface area contributed by atoms with Gasteiger partial charge < -0.3 is 4.74 Å². The topological polar surface area (TPSA) is 9.23 Å². The summed E-state index contributed by atoms with van der Waals surface area (Å²) < 4.78 is 63.6. The van der Waals surface area contributed by atoms with Crippen molar-refractivity contribution in [1.29, 1.82) is 0 Å². The van der Waals surface area contributed by atoms with Gasteiger partial charge in [-0.15, -0.1) is 0 Å².